The minimum absolute atomic E-state index is 0.116. The van der Waals surface area contributed by atoms with Crippen LogP contribution in [0.15, 0.2) is 18.5 Å². The highest BCUT2D eigenvalue weighted by Gasteiger charge is 2.32. The van der Waals surface area contributed by atoms with Crippen LogP contribution < -0.4 is 0 Å². The Hall–Kier alpha value is -1.79. The minimum atomic E-state index is -0.263. The first-order valence-electron chi connectivity index (χ1n) is 8.41. The molecular formula is C17H18Cl2N4O2. The molecule has 0 spiro atoms. The Bertz CT molecular complexity index is 788. The molecule has 0 unspecified atom stereocenters. The van der Waals surface area contributed by atoms with E-state index in [2.05, 4.69) is 14.8 Å². The van der Waals surface area contributed by atoms with Crippen molar-refractivity contribution in [1.82, 2.24) is 19.7 Å². The van der Waals surface area contributed by atoms with Crippen molar-refractivity contribution in [3.8, 4) is 5.75 Å². The number of phenolic OH excluding ortho intramolecular Hbond substituents is 1. The zero-order valence-corrected chi connectivity index (χ0v) is 15.0. The Morgan fingerprint density at radius 2 is 1.88 bits per heavy atom. The molecule has 1 N–H and O–H groups in total. The number of carbonyl (C=O) groups is 1. The molecule has 1 aliphatic heterocycles. The fourth-order valence-electron chi connectivity index (χ4n) is 3.45. The Morgan fingerprint density at radius 3 is 2.52 bits per heavy atom. The molecule has 0 radical (unpaired) electrons. The number of hydrogen-bond acceptors (Lipinski definition) is 4. The summed E-state index contributed by atoms with van der Waals surface area (Å²) in [4.78, 5) is 14.5. The van der Waals surface area contributed by atoms with E-state index >= 15 is 0 Å². The van der Waals surface area contributed by atoms with Gasteiger partial charge in [0.1, 0.15) is 17.9 Å². The smallest absolute Gasteiger partial charge is 0.259 e. The molecule has 132 valence electrons. The third-order valence-corrected chi connectivity index (χ3v) is 5.45. The Balaban J connectivity index is 1.47. The number of rotatable bonds is 3. The predicted octanol–water partition coefficient (Wildman–Crippen LogP) is 3.65. The summed E-state index contributed by atoms with van der Waals surface area (Å²) in [7, 11) is 0. The summed E-state index contributed by atoms with van der Waals surface area (Å²) in [6.07, 6.45) is 5.84. The summed E-state index contributed by atoms with van der Waals surface area (Å²) < 4.78 is 2.18. The number of nitrogens with zero attached hydrogens (tertiary/aromatic N) is 4. The number of aromatic hydroxyl groups is 1. The fraction of sp³-hybridized carbons (Fsp3) is 0.471. The maximum Gasteiger partial charge on any atom is 0.259 e. The van der Waals surface area contributed by atoms with E-state index in [1.165, 1.54) is 25.0 Å². The summed E-state index contributed by atoms with van der Waals surface area (Å²) in [6, 6.07) is 3.36. The molecule has 0 bridgehead atoms. The fourth-order valence-corrected chi connectivity index (χ4v) is 4.01. The van der Waals surface area contributed by atoms with E-state index in [1.54, 1.807) is 4.90 Å². The Labute approximate surface area is 155 Å². The molecule has 4 rings (SSSR count). The maximum absolute atomic E-state index is 12.7. The van der Waals surface area contributed by atoms with Gasteiger partial charge in [0.15, 0.2) is 0 Å². The van der Waals surface area contributed by atoms with Crippen molar-refractivity contribution in [2.24, 2.45) is 0 Å². The van der Waals surface area contributed by atoms with Gasteiger partial charge in [-0.05, 0) is 37.8 Å². The van der Waals surface area contributed by atoms with E-state index in [1.807, 2.05) is 6.33 Å². The van der Waals surface area contributed by atoms with Crippen LogP contribution in [0.25, 0.3) is 0 Å². The van der Waals surface area contributed by atoms with Crippen molar-refractivity contribution in [2.45, 2.75) is 37.6 Å². The maximum atomic E-state index is 12.7. The van der Waals surface area contributed by atoms with E-state index in [0.29, 0.717) is 30.1 Å². The van der Waals surface area contributed by atoms with Gasteiger partial charge < -0.3 is 14.6 Å². The molecule has 2 aliphatic rings. The van der Waals surface area contributed by atoms with Crippen LogP contribution in [0.1, 0.15) is 53.8 Å². The number of piperidine rings is 1. The monoisotopic (exact) mass is 380 g/mol. The molecule has 2 heterocycles. The first kappa shape index (κ1) is 16.7. The van der Waals surface area contributed by atoms with Gasteiger partial charge in [0.25, 0.3) is 5.91 Å². The molecule has 1 saturated carbocycles. The lowest BCUT2D eigenvalue weighted by Gasteiger charge is -2.32. The van der Waals surface area contributed by atoms with Crippen molar-refractivity contribution in [3.63, 3.8) is 0 Å². The molecule has 25 heavy (non-hydrogen) atoms. The van der Waals surface area contributed by atoms with Crippen molar-refractivity contribution in [2.75, 3.05) is 13.1 Å². The van der Waals surface area contributed by atoms with Crippen LogP contribution in [0.2, 0.25) is 10.0 Å². The SMILES string of the molecule is O=C(c1c(O)cc(Cl)cc1Cl)N1CCC(c2nncn2C2CC2)CC1. The lowest BCUT2D eigenvalue weighted by atomic mass is 9.95. The van der Waals surface area contributed by atoms with Crippen molar-refractivity contribution in [3.05, 3.63) is 39.9 Å². The number of likely N-dealkylation sites (tertiary alicyclic amines) is 1. The molecule has 6 nitrogen and oxygen atoms in total. The quantitative estimate of drug-likeness (QED) is 0.881. The standard InChI is InChI=1S/C17H18Cl2N4O2/c18-11-7-13(19)15(14(24)8-11)17(25)22-5-3-10(4-6-22)16-21-20-9-23(16)12-1-2-12/h7-10,12,24H,1-6H2. The van der Waals surface area contributed by atoms with Gasteiger partial charge in [-0.15, -0.1) is 10.2 Å². The van der Waals surface area contributed by atoms with Gasteiger partial charge in [0, 0.05) is 30.1 Å². The summed E-state index contributed by atoms with van der Waals surface area (Å²) >= 11 is 12.0. The molecule has 0 atom stereocenters. The highest BCUT2D eigenvalue weighted by atomic mass is 35.5. The van der Waals surface area contributed by atoms with Crippen LogP contribution >= 0.6 is 23.2 Å². The summed E-state index contributed by atoms with van der Waals surface area (Å²) in [6.45, 7) is 1.19. The highest BCUT2D eigenvalue weighted by Crippen LogP contribution is 2.39. The van der Waals surface area contributed by atoms with Crippen LogP contribution in [0.3, 0.4) is 0 Å². The average molecular weight is 381 g/mol. The lowest BCUT2D eigenvalue weighted by Crippen LogP contribution is -2.38. The Kier molecular flexibility index (Phi) is 4.33. The van der Waals surface area contributed by atoms with Gasteiger partial charge in [-0.2, -0.15) is 0 Å². The number of benzene rings is 1. The second kappa shape index (κ2) is 6.50. The third kappa shape index (κ3) is 3.20. The number of carbonyl (C=O) groups excluding carboxylic acids is 1. The van der Waals surface area contributed by atoms with E-state index in [9.17, 15) is 9.90 Å². The normalized spacial score (nSPS) is 18.6. The van der Waals surface area contributed by atoms with E-state index in [-0.39, 0.29) is 22.2 Å². The topological polar surface area (TPSA) is 71.2 Å². The molecule has 8 heteroatoms. The molecule has 2 aromatic rings. The molecule has 2 fully saturated rings. The average Bonchev–Trinajstić information content (AvgIpc) is 3.31. The van der Waals surface area contributed by atoms with Crippen LogP contribution in [0, 0.1) is 0 Å². The van der Waals surface area contributed by atoms with Gasteiger partial charge in [-0.1, -0.05) is 23.2 Å². The van der Waals surface area contributed by atoms with Crippen molar-refractivity contribution < 1.29 is 9.90 Å². The molecule has 1 saturated heterocycles. The van der Waals surface area contributed by atoms with Gasteiger partial charge in [0.05, 0.1) is 10.6 Å². The first-order chi connectivity index (χ1) is 12.0. The third-order valence-electron chi connectivity index (χ3n) is 4.94. The Morgan fingerprint density at radius 1 is 1.16 bits per heavy atom. The van der Waals surface area contributed by atoms with Crippen molar-refractivity contribution >= 4 is 29.1 Å². The van der Waals surface area contributed by atoms with Crippen LogP contribution in [-0.4, -0.2) is 43.8 Å². The van der Waals surface area contributed by atoms with Crippen molar-refractivity contribution in [1.29, 1.82) is 0 Å². The second-order valence-corrected chi connectivity index (χ2v) is 7.52. The van der Waals surface area contributed by atoms with Gasteiger partial charge in [-0.25, -0.2) is 0 Å². The zero-order chi connectivity index (χ0) is 17.6. The number of hydrogen-bond donors (Lipinski definition) is 1. The van der Waals surface area contributed by atoms with Crippen LogP contribution in [0.5, 0.6) is 5.75 Å². The second-order valence-electron chi connectivity index (χ2n) is 6.68. The number of amides is 1. The zero-order valence-electron chi connectivity index (χ0n) is 13.5. The number of halogens is 2. The molecule has 1 aromatic carbocycles. The van der Waals surface area contributed by atoms with Gasteiger partial charge >= 0.3 is 0 Å². The molecule has 1 amide bonds. The van der Waals surface area contributed by atoms with E-state index in [4.69, 9.17) is 23.2 Å². The molecule has 1 aromatic heterocycles. The lowest BCUT2D eigenvalue weighted by molar-refractivity contribution is 0.0707. The summed E-state index contributed by atoms with van der Waals surface area (Å²) in [5.41, 5.74) is 0.116. The van der Waals surface area contributed by atoms with Crippen LogP contribution in [0.4, 0.5) is 0 Å². The molecule has 1 aliphatic carbocycles. The number of aromatic nitrogens is 3. The highest BCUT2D eigenvalue weighted by molar-refractivity contribution is 6.37. The summed E-state index contributed by atoms with van der Waals surface area (Å²) in [5, 5.41) is 18.9. The minimum Gasteiger partial charge on any atom is -0.507 e. The largest absolute Gasteiger partial charge is 0.507 e. The van der Waals surface area contributed by atoms with E-state index in [0.717, 1.165) is 18.7 Å². The molecular weight excluding hydrogens is 363 g/mol. The van der Waals surface area contributed by atoms with Crippen LogP contribution in [-0.2, 0) is 0 Å². The predicted molar refractivity (Wildman–Crippen MR) is 94.3 cm³/mol. The van der Waals surface area contributed by atoms with Gasteiger partial charge in [0.2, 0.25) is 0 Å². The first-order valence-corrected chi connectivity index (χ1v) is 9.17. The summed E-state index contributed by atoms with van der Waals surface area (Å²) in [5.74, 6) is 0.891. The van der Waals surface area contributed by atoms with E-state index < -0.39 is 0 Å². The van der Waals surface area contributed by atoms with Gasteiger partial charge in [-0.3, -0.25) is 4.79 Å². The number of phenols is 1.